The molecule has 2 aromatic heterocycles. The van der Waals surface area contributed by atoms with Crippen LogP contribution in [0.15, 0.2) is 24.8 Å². The van der Waals surface area contributed by atoms with Gasteiger partial charge in [0.2, 0.25) is 0 Å². The highest BCUT2D eigenvalue weighted by Crippen LogP contribution is 2.11. The van der Waals surface area contributed by atoms with Gasteiger partial charge in [0.15, 0.2) is 0 Å². The summed E-state index contributed by atoms with van der Waals surface area (Å²) in [6, 6.07) is 1.89. The Morgan fingerprint density at radius 2 is 2.45 bits per heavy atom. The van der Waals surface area contributed by atoms with Gasteiger partial charge in [-0.1, -0.05) is 0 Å². The number of aromatic amines is 1. The fraction of sp³-hybridized carbons (Fsp3) is 0.143. The molecule has 56 valence electrons. The smallest absolute Gasteiger partial charge is 0.106 e. The highest BCUT2D eigenvalue weighted by atomic mass is 15.1. The quantitative estimate of drug-likeness (QED) is 0.650. The van der Waals surface area contributed by atoms with Gasteiger partial charge in [-0.2, -0.15) is 5.10 Å². The van der Waals surface area contributed by atoms with Gasteiger partial charge in [0, 0.05) is 19.4 Å². The third-order valence-electron chi connectivity index (χ3n) is 1.48. The molecule has 0 spiro atoms. The number of H-pyrrole nitrogens is 1. The van der Waals surface area contributed by atoms with Crippen LogP contribution < -0.4 is 0 Å². The van der Waals surface area contributed by atoms with Gasteiger partial charge < -0.3 is 4.57 Å². The lowest BCUT2D eigenvalue weighted by atomic mass is 10.3. The van der Waals surface area contributed by atoms with E-state index in [1.54, 1.807) is 12.5 Å². The first-order chi connectivity index (χ1) is 5.36. The van der Waals surface area contributed by atoms with Crippen LogP contribution in [0.2, 0.25) is 0 Å². The van der Waals surface area contributed by atoms with E-state index in [0.29, 0.717) is 0 Å². The van der Waals surface area contributed by atoms with E-state index in [4.69, 9.17) is 0 Å². The second kappa shape index (κ2) is 2.23. The van der Waals surface area contributed by atoms with Crippen LogP contribution in [0.1, 0.15) is 0 Å². The van der Waals surface area contributed by atoms with Gasteiger partial charge in [-0.3, -0.25) is 5.10 Å². The van der Waals surface area contributed by atoms with Crippen LogP contribution in [0.3, 0.4) is 0 Å². The molecule has 0 saturated heterocycles. The lowest BCUT2D eigenvalue weighted by molar-refractivity contribution is 0.913. The Labute approximate surface area is 63.9 Å². The van der Waals surface area contributed by atoms with E-state index >= 15 is 0 Å². The van der Waals surface area contributed by atoms with Gasteiger partial charge in [0.25, 0.3) is 0 Å². The Hall–Kier alpha value is -1.58. The molecule has 11 heavy (non-hydrogen) atoms. The first-order valence-electron chi connectivity index (χ1n) is 3.34. The van der Waals surface area contributed by atoms with Crippen LogP contribution >= 0.6 is 0 Å². The minimum atomic E-state index is 0.921. The number of hydrogen-bond acceptors (Lipinski definition) is 2. The lowest BCUT2D eigenvalue weighted by Crippen LogP contribution is -1.78. The summed E-state index contributed by atoms with van der Waals surface area (Å²) in [5.41, 5.74) is 1.87. The monoisotopic (exact) mass is 148 g/mol. The summed E-state index contributed by atoms with van der Waals surface area (Å²) >= 11 is 0. The first kappa shape index (κ1) is 6.15. The molecule has 2 heterocycles. The third-order valence-corrected chi connectivity index (χ3v) is 1.48. The molecule has 1 N–H and O–H groups in total. The molecule has 0 aromatic carbocycles. The Balaban J connectivity index is 2.45. The Kier molecular flexibility index (Phi) is 1.25. The maximum atomic E-state index is 4.15. The van der Waals surface area contributed by atoms with Gasteiger partial charge in [-0.15, -0.1) is 0 Å². The zero-order valence-corrected chi connectivity index (χ0v) is 6.15. The maximum Gasteiger partial charge on any atom is 0.106 e. The Morgan fingerprint density at radius 1 is 1.55 bits per heavy atom. The Bertz CT molecular complexity index is 333. The summed E-state index contributed by atoms with van der Waals surface area (Å²) in [5, 5.41) is 6.67. The largest absolute Gasteiger partial charge is 0.340 e. The first-order valence-corrected chi connectivity index (χ1v) is 3.34. The molecule has 2 rings (SSSR count). The number of imidazole rings is 1. The molecule has 4 nitrogen and oxygen atoms in total. The van der Waals surface area contributed by atoms with Crippen molar-refractivity contribution in [1.29, 1.82) is 0 Å². The summed E-state index contributed by atoms with van der Waals surface area (Å²) in [6.45, 7) is 0. The lowest BCUT2D eigenvalue weighted by Gasteiger charge is -1.85. The van der Waals surface area contributed by atoms with Crippen molar-refractivity contribution in [2.45, 2.75) is 0 Å². The summed E-state index contributed by atoms with van der Waals surface area (Å²) in [4.78, 5) is 4.15. The number of nitrogens with one attached hydrogen (secondary N) is 1. The minimum absolute atomic E-state index is 0.921. The van der Waals surface area contributed by atoms with Crippen molar-refractivity contribution < 1.29 is 0 Å². The standard InChI is InChI=1S/C7H8N4/c1-11-4-7(8-5-11)6-2-3-9-10-6/h2-5H,1H3,(H,9,10). The summed E-state index contributed by atoms with van der Waals surface area (Å²) in [5.74, 6) is 0. The molecule has 2 aromatic rings. The van der Waals surface area contributed by atoms with E-state index in [1.165, 1.54) is 0 Å². The summed E-state index contributed by atoms with van der Waals surface area (Å²) in [6.07, 6.45) is 5.41. The number of aryl methyl sites for hydroxylation is 1. The number of rotatable bonds is 1. The Morgan fingerprint density at radius 3 is 3.00 bits per heavy atom. The van der Waals surface area contributed by atoms with E-state index in [0.717, 1.165) is 11.4 Å². The van der Waals surface area contributed by atoms with Crippen LogP contribution in [0.5, 0.6) is 0 Å². The van der Waals surface area contributed by atoms with E-state index in [2.05, 4.69) is 15.2 Å². The fourth-order valence-corrected chi connectivity index (χ4v) is 0.950. The van der Waals surface area contributed by atoms with Crippen molar-refractivity contribution in [2.24, 2.45) is 7.05 Å². The second-order valence-corrected chi connectivity index (χ2v) is 2.39. The van der Waals surface area contributed by atoms with Crippen molar-refractivity contribution >= 4 is 0 Å². The van der Waals surface area contributed by atoms with Gasteiger partial charge in [0.05, 0.1) is 12.0 Å². The van der Waals surface area contributed by atoms with E-state index in [1.807, 2.05) is 23.9 Å². The summed E-state index contributed by atoms with van der Waals surface area (Å²) in [7, 11) is 1.94. The molecule has 0 saturated carbocycles. The molecular weight excluding hydrogens is 140 g/mol. The van der Waals surface area contributed by atoms with Crippen LogP contribution in [0, 0.1) is 0 Å². The van der Waals surface area contributed by atoms with Crippen molar-refractivity contribution in [3.63, 3.8) is 0 Å². The molecule has 4 heteroatoms. The second-order valence-electron chi connectivity index (χ2n) is 2.39. The minimum Gasteiger partial charge on any atom is -0.340 e. The van der Waals surface area contributed by atoms with Crippen molar-refractivity contribution in [1.82, 2.24) is 19.7 Å². The van der Waals surface area contributed by atoms with Crippen molar-refractivity contribution in [3.8, 4) is 11.4 Å². The molecule has 0 aliphatic rings. The van der Waals surface area contributed by atoms with Gasteiger partial charge in [0.1, 0.15) is 5.69 Å². The van der Waals surface area contributed by atoms with E-state index in [9.17, 15) is 0 Å². The SMILES string of the molecule is Cn1cnc(-c2ccn[nH]2)c1. The fourth-order valence-electron chi connectivity index (χ4n) is 0.950. The van der Waals surface area contributed by atoms with Crippen LogP contribution in [-0.4, -0.2) is 19.7 Å². The molecular formula is C7H8N4. The molecule has 0 fully saturated rings. The van der Waals surface area contributed by atoms with Crippen LogP contribution in [0.25, 0.3) is 11.4 Å². The van der Waals surface area contributed by atoms with E-state index in [-0.39, 0.29) is 0 Å². The normalized spacial score (nSPS) is 10.3. The molecule has 0 atom stereocenters. The number of hydrogen-bond donors (Lipinski definition) is 1. The number of nitrogens with zero attached hydrogens (tertiary/aromatic N) is 3. The highest BCUT2D eigenvalue weighted by Gasteiger charge is 1.99. The molecule has 0 aliphatic carbocycles. The van der Waals surface area contributed by atoms with Gasteiger partial charge >= 0.3 is 0 Å². The molecule has 0 bridgehead atoms. The van der Waals surface area contributed by atoms with Crippen molar-refractivity contribution in [3.05, 3.63) is 24.8 Å². The number of aromatic nitrogens is 4. The predicted octanol–water partition coefficient (Wildman–Crippen LogP) is 0.810. The van der Waals surface area contributed by atoms with Crippen LogP contribution in [0.4, 0.5) is 0 Å². The zero-order chi connectivity index (χ0) is 7.68. The average Bonchev–Trinajstić information content (AvgIpc) is 2.55. The average molecular weight is 148 g/mol. The van der Waals surface area contributed by atoms with Crippen LogP contribution in [-0.2, 0) is 7.05 Å². The maximum absolute atomic E-state index is 4.15. The molecule has 0 radical (unpaired) electrons. The highest BCUT2D eigenvalue weighted by molar-refractivity contribution is 5.51. The predicted molar refractivity (Wildman–Crippen MR) is 40.8 cm³/mol. The van der Waals surface area contributed by atoms with E-state index < -0.39 is 0 Å². The van der Waals surface area contributed by atoms with Gasteiger partial charge in [-0.05, 0) is 6.07 Å². The molecule has 0 amide bonds. The summed E-state index contributed by atoms with van der Waals surface area (Å²) < 4.78 is 1.90. The van der Waals surface area contributed by atoms with Gasteiger partial charge in [-0.25, -0.2) is 4.98 Å². The molecule has 0 aliphatic heterocycles. The van der Waals surface area contributed by atoms with Crippen molar-refractivity contribution in [2.75, 3.05) is 0 Å². The third kappa shape index (κ3) is 1.02. The zero-order valence-electron chi connectivity index (χ0n) is 6.15. The topological polar surface area (TPSA) is 46.5 Å². The molecule has 0 unspecified atom stereocenters.